The van der Waals surface area contributed by atoms with E-state index in [4.69, 9.17) is 0 Å². The van der Waals surface area contributed by atoms with Gasteiger partial charge in [-0.2, -0.15) is 0 Å². The number of fused-ring (bicyclic) bond motifs is 9. The van der Waals surface area contributed by atoms with Crippen LogP contribution >= 0.6 is 0 Å². The number of allylic oxidation sites excluding steroid dienone is 4. The summed E-state index contributed by atoms with van der Waals surface area (Å²) in [5, 5.41) is 0. The summed E-state index contributed by atoms with van der Waals surface area (Å²) >= 11 is 0. The van der Waals surface area contributed by atoms with Gasteiger partial charge in [0.2, 0.25) is 0 Å². The van der Waals surface area contributed by atoms with Crippen LogP contribution in [0, 0.1) is 6.92 Å². The highest BCUT2D eigenvalue weighted by molar-refractivity contribution is 5.96. The predicted octanol–water partition coefficient (Wildman–Crippen LogP) is 6.43. The highest BCUT2D eigenvalue weighted by Crippen LogP contribution is 2.63. The molecular weight excluding hydrogens is 312 g/mol. The van der Waals surface area contributed by atoms with E-state index in [1.54, 1.807) is 5.57 Å². The molecule has 0 bridgehead atoms. The van der Waals surface area contributed by atoms with Crippen molar-refractivity contribution < 1.29 is 0 Å². The first-order chi connectivity index (χ1) is 12.8. The Bertz CT molecular complexity index is 1140. The lowest BCUT2D eigenvalue weighted by molar-refractivity contribution is 0.713. The Morgan fingerprint density at radius 1 is 0.731 bits per heavy atom. The van der Waals surface area contributed by atoms with Crippen LogP contribution in [0.2, 0.25) is 0 Å². The van der Waals surface area contributed by atoms with Crippen molar-refractivity contribution in [1.29, 1.82) is 0 Å². The molecule has 0 fully saturated rings. The first kappa shape index (κ1) is 14.3. The summed E-state index contributed by atoms with van der Waals surface area (Å²) in [6.07, 6.45) is 6.98. The van der Waals surface area contributed by atoms with E-state index < -0.39 is 0 Å². The van der Waals surface area contributed by atoms with E-state index in [1.807, 2.05) is 0 Å². The molecule has 3 aliphatic rings. The topological polar surface area (TPSA) is 0 Å². The molecule has 26 heavy (non-hydrogen) atoms. The summed E-state index contributed by atoms with van der Waals surface area (Å²) in [5.74, 6) is 0. The molecule has 0 radical (unpaired) electrons. The third kappa shape index (κ3) is 1.52. The van der Waals surface area contributed by atoms with Gasteiger partial charge in [-0.25, -0.2) is 0 Å². The van der Waals surface area contributed by atoms with Crippen LogP contribution in [0.1, 0.15) is 40.7 Å². The number of aryl methyl sites for hydroxylation is 1. The van der Waals surface area contributed by atoms with Crippen molar-refractivity contribution in [3.05, 3.63) is 112 Å². The summed E-state index contributed by atoms with van der Waals surface area (Å²) in [4.78, 5) is 0. The van der Waals surface area contributed by atoms with E-state index in [0.29, 0.717) is 0 Å². The van der Waals surface area contributed by atoms with E-state index in [2.05, 4.69) is 85.8 Å². The van der Waals surface area contributed by atoms with Gasteiger partial charge in [-0.1, -0.05) is 84.4 Å². The maximum Gasteiger partial charge on any atom is 0.0688 e. The Labute approximate surface area is 154 Å². The van der Waals surface area contributed by atoms with E-state index in [-0.39, 0.29) is 5.41 Å². The summed E-state index contributed by atoms with van der Waals surface area (Å²) in [6, 6.07) is 25.1. The Morgan fingerprint density at radius 3 is 2.27 bits per heavy atom. The SMILES string of the molecule is Cc1ccc2c(c1)C1(C3=C(C=CCC3)c3ccccc31)c1ccccc1-2. The lowest BCUT2D eigenvalue weighted by Crippen LogP contribution is -2.27. The maximum atomic E-state index is 2.43. The summed E-state index contributed by atoms with van der Waals surface area (Å²) < 4.78 is 0. The van der Waals surface area contributed by atoms with Crippen molar-refractivity contribution in [1.82, 2.24) is 0 Å². The molecule has 0 heteroatoms. The van der Waals surface area contributed by atoms with Crippen molar-refractivity contribution in [2.75, 3.05) is 0 Å². The van der Waals surface area contributed by atoms with Gasteiger partial charge in [0, 0.05) is 0 Å². The minimum Gasteiger partial charge on any atom is -0.0836 e. The second-order valence-electron chi connectivity index (χ2n) is 7.72. The second-order valence-corrected chi connectivity index (χ2v) is 7.72. The van der Waals surface area contributed by atoms with Crippen LogP contribution in [0.4, 0.5) is 0 Å². The highest BCUT2D eigenvalue weighted by atomic mass is 14.5. The van der Waals surface area contributed by atoms with E-state index >= 15 is 0 Å². The zero-order chi connectivity index (χ0) is 17.3. The number of hydrogen-bond donors (Lipinski definition) is 0. The molecule has 1 unspecified atom stereocenters. The lowest BCUT2D eigenvalue weighted by Gasteiger charge is -2.33. The van der Waals surface area contributed by atoms with Crippen LogP contribution in [0.5, 0.6) is 0 Å². The van der Waals surface area contributed by atoms with E-state index in [0.717, 1.165) is 12.8 Å². The molecule has 1 spiro atoms. The monoisotopic (exact) mass is 332 g/mol. The highest BCUT2D eigenvalue weighted by Gasteiger charge is 2.52. The third-order valence-electron chi connectivity index (χ3n) is 6.44. The van der Waals surface area contributed by atoms with Crippen LogP contribution in [-0.4, -0.2) is 0 Å². The van der Waals surface area contributed by atoms with Gasteiger partial charge in [0.15, 0.2) is 0 Å². The fourth-order valence-electron chi connectivity index (χ4n) is 5.52. The molecule has 0 amide bonds. The van der Waals surface area contributed by atoms with Gasteiger partial charge in [-0.15, -0.1) is 0 Å². The molecule has 3 aromatic carbocycles. The van der Waals surface area contributed by atoms with Crippen molar-refractivity contribution >= 4 is 5.57 Å². The van der Waals surface area contributed by atoms with Crippen LogP contribution in [0.25, 0.3) is 16.7 Å². The number of hydrogen-bond acceptors (Lipinski definition) is 0. The predicted molar refractivity (Wildman–Crippen MR) is 108 cm³/mol. The molecule has 3 aliphatic carbocycles. The van der Waals surface area contributed by atoms with Gasteiger partial charge in [-0.3, -0.25) is 0 Å². The van der Waals surface area contributed by atoms with Crippen LogP contribution in [0.3, 0.4) is 0 Å². The van der Waals surface area contributed by atoms with Gasteiger partial charge in [0.05, 0.1) is 5.41 Å². The Kier molecular flexibility index (Phi) is 2.68. The normalized spacial score (nSPS) is 21.6. The molecule has 0 saturated carbocycles. The Balaban J connectivity index is 1.84. The molecule has 0 saturated heterocycles. The van der Waals surface area contributed by atoms with Crippen LogP contribution < -0.4 is 0 Å². The molecule has 0 aromatic heterocycles. The second kappa shape index (κ2) is 4.86. The first-order valence-electron chi connectivity index (χ1n) is 9.53. The minimum absolute atomic E-state index is 0.103. The van der Waals surface area contributed by atoms with Crippen LogP contribution in [0.15, 0.2) is 84.5 Å². The summed E-state index contributed by atoms with van der Waals surface area (Å²) in [5.41, 5.74) is 12.9. The summed E-state index contributed by atoms with van der Waals surface area (Å²) in [6.45, 7) is 2.22. The van der Waals surface area contributed by atoms with Gasteiger partial charge in [0.1, 0.15) is 0 Å². The largest absolute Gasteiger partial charge is 0.0836 e. The van der Waals surface area contributed by atoms with Crippen molar-refractivity contribution in [2.45, 2.75) is 25.2 Å². The number of benzene rings is 3. The Morgan fingerprint density at radius 2 is 1.42 bits per heavy atom. The molecule has 6 rings (SSSR count). The van der Waals surface area contributed by atoms with Crippen molar-refractivity contribution in [2.24, 2.45) is 0 Å². The third-order valence-corrected chi connectivity index (χ3v) is 6.44. The maximum absolute atomic E-state index is 2.43. The fourth-order valence-corrected chi connectivity index (χ4v) is 5.52. The van der Waals surface area contributed by atoms with E-state index in [1.165, 1.54) is 44.5 Å². The molecule has 124 valence electrons. The average molecular weight is 332 g/mol. The van der Waals surface area contributed by atoms with Gasteiger partial charge in [0.25, 0.3) is 0 Å². The number of rotatable bonds is 0. The van der Waals surface area contributed by atoms with Crippen molar-refractivity contribution in [3.8, 4) is 11.1 Å². The molecule has 0 nitrogen and oxygen atoms in total. The molecule has 0 aliphatic heterocycles. The molecule has 0 N–H and O–H groups in total. The fraction of sp³-hybridized carbons (Fsp3) is 0.154. The molecular formula is C26H20. The smallest absolute Gasteiger partial charge is 0.0688 e. The minimum atomic E-state index is -0.103. The van der Waals surface area contributed by atoms with Gasteiger partial charge >= 0.3 is 0 Å². The van der Waals surface area contributed by atoms with Crippen LogP contribution in [-0.2, 0) is 5.41 Å². The molecule has 1 atom stereocenters. The summed E-state index contributed by atoms with van der Waals surface area (Å²) in [7, 11) is 0. The van der Waals surface area contributed by atoms with Gasteiger partial charge in [-0.05, 0) is 64.3 Å². The zero-order valence-corrected chi connectivity index (χ0v) is 14.9. The average Bonchev–Trinajstić information content (AvgIpc) is 3.15. The Hall–Kier alpha value is -2.86. The quantitative estimate of drug-likeness (QED) is 0.445. The standard InChI is InChI=1S/C26H20/c1-17-14-15-21-20-10-4-7-13-24(20)26(25(21)16-17)22-11-5-2-8-18(22)19-9-3-6-12-23(19)26/h2-5,7-11,13-16H,6,12H2,1H3. The molecule has 0 heterocycles. The van der Waals surface area contributed by atoms with E-state index in [9.17, 15) is 0 Å². The first-order valence-corrected chi connectivity index (χ1v) is 9.53. The molecule has 3 aromatic rings. The van der Waals surface area contributed by atoms with Gasteiger partial charge < -0.3 is 0 Å². The lowest BCUT2D eigenvalue weighted by atomic mass is 9.68. The van der Waals surface area contributed by atoms with Crippen molar-refractivity contribution in [3.63, 3.8) is 0 Å². The zero-order valence-electron chi connectivity index (χ0n) is 14.9.